The summed E-state index contributed by atoms with van der Waals surface area (Å²) < 4.78 is 5.51. The highest BCUT2D eigenvalue weighted by molar-refractivity contribution is 5.33. The Morgan fingerprint density at radius 2 is 1.84 bits per heavy atom. The van der Waals surface area contributed by atoms with Gasteiger partial charge in [-0.25, -0.2) is 0 Å². The van der Waals surface area contributed by atoms with Crippen molar-refractivity contribution < 1.29 is 9.84 Å². The lowest BCUT2D eigenvalue weighted by molar-refractivity contribution is -0.151. The summed E-state index contributed by atoms with van der Waals surface area (Å²) in [5.41, 5.74) is 1.28. The molecular formula is C21H26N2O2. The van der Waals surface area contributed by atoms with E-state index in [4.69, 9.17) is 4.74 Å². The average Bonchev–Trinajstić information content (AvgIpc) is 2.64. The smallest absolute Gasteiger partial charge is 0.123 e. The number of hydrogen-bond acceptors (Lipinski definition) is 4. The lowest BCUT2D eigenvalue weighted by Gasteiger charge is -2.52. The predicted octanol–water partition coefficient (Wildman–Crippen LogP) is 3.21. The Morgan fingerprint density at radius 3 is 2.52 bits per heavy atom. The highest BCUT2D eigenvalue weighted by Crippen LogP contribution is 2.48. The number of likely N-dealkylation sites (tertiary alicyclic amines) is 1. The molecule has 2 atom stereocenters. The normalized spacial score (nSPS) is 29.4. The molecule has 1 saturated carbocycles. The monoisotopic (exact) mass is 338 g/mol. The van der Waals surface area contributed by atoms with E-state index in [0.717, 1.165) is 43.9 Å². The number of rotatable bonds is 4. The van der Waals surface area contributed by atoms with Crippen molar-refractivity contribution >= 4 is 0 Å². The van der Waals surface area contributed by atoms with Crippen LogP contribution < -0.4 is 4.74 Å². The van der Waals surface area contributed by atoms with Gasteiger partial charge in [-0.05, 0) is 31.0 Å². The highest BCUT2D eigenvalue weighted by atomic mass is 16.5. The van der Waals surface area contributed by atoms with E-state index in [-0.39, 0.29) is 11.8 Å². The van der Waals surface area contributed by atoms with Crippen molar-refractivity contribution in [2.45, 2.75) is 31.4 Å². The molecule has 2 aromatic rings. The maximum Gasteiger partial charge on any atom is 0.123 e. The molecule has 1 saturated heterocycles. The van der Waals surface area contributed by atoms with E-state index in [1.54, 1.807) is 13.3 Å². The van der Waals surface area contributed by atoms with Gasteiger partial charge in [0.1, 0.15) is 11.4 Å². The molecule has 2 bridgehead atoms. The number of ether oxygens (including phenoxy) is 1. The Bertz CT molecular complexity index is 705. The first-order chi connectivity index (χ1) is 12.2. The van der Waals surface area contributed by atoms with Crippen molar-refractivity contribution in [3.63, 3.8) is 0 Å². The van der Waals surface area contributed by atoms with E-state index >= 15 is 0 Å². The van der Waals surface area contributed by atoms with Crippen molar-refractivity contribution in [3.8, 4) is 5.75 Å². The molecule has 1 aliphatic carbocycles. The van der Waals surface area contributed by atoms with Gasteiger partial charge in [0.05, 0.1) is 12.8 Å². The van der Waals surface area contributed by atoms with E-state index in [1.165, 1.54) is 12.0 Å². The Labute approximate surface area is 149 Å². The second-order valence-electron chi connectivity index (χ2n) is 7.37. The van der Waals surface area contributed by atoms with Crippen LogP contribution >= 0.6 is 0 Å². The molecule has 4 heteroatoms. The van der Waals surface area contributed by atoms with Crippen LogP contribution in [0.4, 0.5) is 0 Å². The van der Waals surface area contributed by atoms with Crippen LogP contribution in [-0.2, 0) is 12.1 Å². The Morgan fingerprint density at radius 1 is 1.12 bits per heavy atom. The van der Waals surface area contributed by atoms with E-state index in [0.29, 0.717) is 0 Å². The van der Waals surface area contributed by atoms with Crippen molar-refractivity contribution in [3.05, 3.63) is 59.9 Å². The van der Waals surface area contributed by atoms with E-state index < -0.39 is 5.60 Å². The molecule has 4 rings (SSSR count). The zero-order chi connectivity index (χ0) is 17.3. The van der Waals surface area contributed by atoms with Gasteiger partial charge in [0, 0.05) is 43.2 Å². The molecule has 0 spiro atoms. The molecular weight excluding hydrogens is 312 g/mol. The van der Waals surface area contributed by atoms with Gasteiger partial charge < -0.3 is 9.84 Å². The number of aromatic nitrogens is 1. The molecule has 2 heterocycles. The molecule has 0 radical (unpaired) electrons. The molecule has 1 aromatic heterocycles. The number of pyridine rings is 1. The number of piperidine rings is 1. The van der Waals surface area contributed by atoms with Crippen molar-refractivity contribution in [2.75, 3.05) is 20.2 Å². The SMILES string of the molecule is COc1ccccc1CN1C[C@H]2CCC[C@H](C1)C2(O)c1ccccn1. The maximum atomic E-state index is 11.6. The van der Waals surface area contributed by atoms with E-state index in [2.05, 4.69) is 22.0 Å². The third-order valence-corrected chi connectivity index (χ3v) is 5.97. The van der Waals surface area contributed by atoms with Crippen molar-refractivity contribution in [2.24, 2.45) is 11.8 Å². The summed E-state index contributed by atoms with van der Waals surface area (Å²) >= 11 is 0. The number of para-hydroxylation sites is 1. The lowest BCUT2D eigenvalue weighted by atomic mass is 9.64. The van der Waals surface area contributed by atoms with Gasteiger partial charge in [0.15, 0.2) is 0 Å². The van der Waals surface area contributed by atoms with Crippen molar-refractivity contribution in [1.82, 2.24) is 9.88 Å². The van der Waals surface area contributed by atoms with Gasteiger partial charge in [0.25, 0.3) is 0 Å². The topological polar surface area (TPSA) is 45.6 Å². The van der Waals surface area contributed by atoms with E-state index in [9.17, 15) is 5.11 Å². The van der Waals surface area contributed by atoms with Crippen LogP contribution in [0.25, 0.3) is 0 Å². The number of methoxy groups -OCH3 is 1. The van der Waals surface area contributed by atoms with Gasteiger partial charge in [-0.3, -0.25) is 9.88 Å². The first kappa shape index (κ1) is 16.6. The molecule has 25 heavy (non-hydrogen) atoms. The summed E-state index contributed by atoms with van der Waals surface area (Å²) in [5.74, 6) is 1.42. The summed E-state index contributed by atoms with van der Waals surface area (Å²) in [7, 11) is 1.73. The zero-order valence-electron chi connectivity index (χ0n) is 14.8. The van der Waals surface area contributed by atoms with Crippen LogP contribution in [0.15, 0.2) is 48.7 Å². The minimum absolute atomic E-state index is 0.240. The molecule has 2 fully saturated rings. The third kappa shape index (κ3) is 2.94. The quantitative estimate of drug-likeness (QED) is 0.930. The molecule has 4 nitrogen and oxygen atoms in total. The lowest BCUT2D eigenvalue weighted by Crippen LogP contribution is -2.58. The summed E-state index contributed by atoms with van der Waals surface area (Å²) in [5, 5.41) is 11.6. The van der Waals surface area contributed by atoms with Gasteiger partial charge in [-0.15, -0.1) is 0 Å². The third-order valence-electron chi connectivity index (χ3n) is 5.97. The summed E-state index contributed by atoms with van der Waals surface area (Å²) in [6.07, 6.45) is 5.12. The zero-order valence-corrected chi connectivity index (χ0v) is 14.8. The molecule has 1 N–H and O–H groups in total. The minimum Gasteiger partial charge on any atom is -0.496 e. The van der Waals surface area contributed by atoms with Crippen LogP contribution in [0.1, 0.15) is 30.5 Å². The van der Waals surface area contributed by atoms with Crippen LogP contribution in [0.3, 0.4) is 0 Å². The number of benzene rings is 1. The molecule has 0 unspecified atom stereocenters. The molecule has 2 aliphatic rings. The maximum absolute atomic E-state index is 11.6. The molecule has 0 amide bonds. The summed E-state index contributed by atoms with van der Waals surface area (Å²) in [6.45, 7) is 2.68. The fraction of sp³-hybridized carbons (Fsp3) is 0.476. The van der Waals surface area contributed by atoms with Crippen LogP contribution in [0, 0.1) is 11.8 Å². The standard InChI is InChI=1S/C21H26N2O2/c1-25-19-10-3-2-7-16(19)13-23-14-17-8-6-9-18(15-23)21(17,24)20-11-4-5-12-22-20/h2-5,7,10-12,17-18,24H,6,8-9,13-15H2,1H3/t17-,18-/m1/s1. The first-order valence-electron chi connectivity index (χ1n) is 9.20. The van der Waals surface area contributed by atoms with Crippen LogP contribution in [-0.4, -0.2) is 35.2 Å². The Hall–Kier alpha value is -1.91. The highest BCUT2D eigenvalue weighted by Gasteiger charge is 2.52. The average molecular weight is 338 g/mol. The fourth-order valence-electron chi connectivity index (χ4n) is 4.76. The second kappa shape index (κ2) is 6.77. The van der Waals surface area contributed by atoms with E-state index in [1.807, 2.05) is 30.3 Å². The minimum atomic E-state index is -0.781. The number of fused-ring (bicyclic) bond motifs is 2. The summed E-state index contributed by atoms with van der Waals surface area (Å²) in [6, 6.07) is 14.1. The second-order valence-corrected chi connectivity index (χ2v) is 7.37. The first-order valence-corrected chi connectivity index (χ1v) is 9.20. The van der Waals surface area contributed by atoms with Gasteiger partial charge in [-0.2, -0.15) is 0 Å². The molecule has 1 aromatic carbocycles. The fourth-order valence-corrected chi connectivity index (χ4v) is 4.76. The van der Waals surface area contributed by atoms with Crippen molar-refractivity contribution in [1.29, 1.82) is 0 Å². The molecule has 1 aliphatic heterocycles. The number of nitrogens with zero attached hydrogens (tertiary/aromatic N) is 2. The largest absolute Gasteiger partial charge is 0.496 e. The van der Waals surface area contributed by atoms with Gasteiger partial charge in [-0.1, -0.05) is 30.7 Å². The number of hydrogen-bond donors (Lipinski definition) is 1. The Balaban J connectivity index is 1.57. The van der Waals surface area contributed by atoms with Crippen LogP contribution in [0.5, 0.6) is 5.75 Å². The van der Waals surface area contributed by atoms with Gasteiger partial charge >= 0.3 is 0 Å². The summed E-state index contributed by atoms with van der Waals surface area (Å²) in [4.78, 5) is 6.98. The van der Waals surface area contributed by atoms with Gasteiger partial charge in [0.2, 0.25) is 0 Å². The van der Waals surface area contributed by atoms with Crippen LogP contribution in [0.2, 0.25) is 0 Å². The molecule has 132 valence electrons. The Kier molecular flexibility index (Phi) is 4.48. The predicted molar refractivity (Wildman–Crippen MR) is 97.2 cm³/mol. The number of aliphatic hydroxyl groups is 1.